The number of ether oxygens (including phenoxy) is 1. The standard InChI is InChI=1S/C26H31N5O3S/c1-6-21(17-10-8-7-9-11-17)31-22-14-18(12-13-20(22)29-25(31)27)19-15-23(24(34-5)28-16-19)35(32,33)30-26(2,3)4/h7-16,21,30H,6H2,1-5H3,(H2,27,29)/t21-/m1/s1. The van der Waals surface area contributed by atoms with Crippen LogP contribution in [-0.2, 0) is 10.0 Å². The molecular weight excluding hydrogens is 462 g/mol. The zero-order chi connectivity index (χ0) is 25.4. The van der Waals surface area contributed by atoms with Gasteiger partial charge in [-0.1, -0.05) is 43.3 Å². The lowest BCUT2D eigenvalue weighted by Crippen LogP contribution is -2.40. The summed E-state index contributed by atoms with van der Waals surface area (Å²) < 4.78 is 36.2. The Balaban J connectivity index is 1.85. The maximum absolute atomic E-state index is 13.1. The summed E-state index contributed by atoms with van der Waals surface area (Å²) in [6, 6.07) is 17.5. The topological polar surface area (TPSA) is 112 Å². The van der Waals surface area contributed by atoms with E-state index in [0.717, 1.165) is 28.6 Å². The molecule has 2 aromatic heterocycles. The molecule has 0 fully saturated rings. The fraction of sp³-hybridized carbons (Fsp3) is 0.308. The Labute approximate surface area is 206 Å². The minimum atomic E-state index is -3.87. The largest absolute Gasteiger partial charge is 0.480 e. The molecule has 2 aromatic carbocycles. The van der Waals surface area contributed by atoms with Crippen LogP contribution >= 0.6 is 0 Å². The summed E-state index contributed by atoms with van der Waals surface area (Å²) >= 11 is 0. The van der Waals surface area contributed by atoms with Crippen LogP contribution in [0.5, 0.6) is 5.88 Å². The molecule has 0 aliphatic carbocycles. The lowest BCUT2D eigenvalue weighted by molar-refractivity contribution is 0.384. The first-order valence-corrected chi connectivity index (χ1v) is 12.9. The number of benzene rings is 2. The predicted octanol–water partition coefficient (Wildman–Crippen LogP) is 4.77. The Morgan fingerprint density at radius 2 is 1.80 bits per heavy atom. The molecule has 0 saturated heterocycles. The maximum Gasteiger partial charge on any atom is 0.246 e. The lowest BCUT2D eigenvalue weighted by atomic mass is 10.0. The number of sulfonamides is 1. The molecule has 4 rings (SSSR count). The molecule has 8 nitrogen and oxygen atoms in total. The zero-order valence-corrected chi connectivity index (χ0v) is 21.4. The first-order valence-electron chi connectivity index (χ1n) is 11.4. The van der Waals surface area contributed by atoms with Crippen LogP contribution in [0.15, 0.2) is 65.7 Å². The summed E-state index contributed by atoms with van der Waals surface area (Å²) in [4.78, 5) is 8.84. The van der Waals surface area contributed by atoms with Crippen molar-refractivity contribution in [2.45, 2.75) is 50.6 Å². The van der Waals surface area contributed by atoms with Crippen molar-refractivity contribution in [2.75, 3.05) is 12.8 Å². The van der Waals surface area contributed by atoms with Gasteiger partial charge in [-0.25, -0.2) is 23.1 Å². The van der Waals surface area contributed by atoms with Crippen molar-refractivity contribution in [2.24, 2.45) is 0 Å². The minimum absolute atomic E-state index is 0.0115. The molecule has 0 saturated carbocycles. The summed E-state index contributed by atoms with van der Waals surface area (Å²) in [5.74, 6) is 0.467. The van der Waals surface area contributed by atoms with Crippen LogP contribution in [0.3, 0.4) is 0 Å². The van der Waals surface area contributed by atoms with E-state index >= 15 is 0 Å². The molecule has 0 spiro atoms. The smallest absolute Gasteiger partial charge is 0.246 e. The monoisotopic (exact) mass is 493 g/mol. The summed E-state index contributed by atoms with van der Waals surface area (Å²) in [5.41, 5.74) is 9.92. The SMILES string of the molecule is CC[C@H](c1ccccc1)n1c(N)nc2ccc(-c3cnc(OC)c(S(=O)(=O)NC(C)(C)C)c3)cc21. The average Bonchev–Trinajstić information content (AvgIpc) is 3.13. The number of aromatic nitrogens is 3. The highest BCUT2D eigenvalue weighted by Crippen LogP contribution is 2.34. The minimum Gasteiger partial charge on any atom is -0.480 e. The molecule has 0 aliphatic rings. The molecule has 0 unspecified atom stereocenters. The normalized spacial score (nSPS) is 13.2. The number of nitrogens with two attached hydrogens (primary N) is 1. The number of imidazole rings is 1. The second-order valence-corrected chi connectivity index (χ2v) is 11.1. The molecule has 0 radical (unpaired) electrons. The molecule has 35 heavy (non-hydrogen) atoms. The van der Waals surface area contributed by atoms with Gasteiger partial charge in [0, 0.05) is 17.3 Å². The van der Waals surface area contributed by atoms with E-state index in [-0.39, 0.29) is 16.8 Å². The molecular formula is C26H31N5O3S. The number of hydrogen-bond donors (Lipinski definition) is 2. The van der Waals surface area contributed by atoms with Crippen LogP contribution in [0.2, 0.25) is 0 Å². The van der Waals surface area contributed by atoms with Crippen molar-refractivity contribution in [1.82, 2.24) is 19.3 Å². The van der Waals surface area contributed by atoms with Crippen LogP contribution in [0.25, 0.3) is 22.2 Å². The van der Waals surface area contributed by atoms with Gasteiger partial charge in [-0.15, -0.1) is 0 Å². The molecule has 0 amide bonds. The van der Waals surface area contributed by atoms with Crippen molar-refractivity contribution in [3.8, 4) is 17.0 Å². The maximum atomic E-state index is 13.1. The molecule has 2 heterocycles. The Morgan fingerprint density at radius 3 is 2.43 bits per heavy atom. The third kappa shape index (κ3) is 5.01. The van der Waals surface area contributed by atoms with Crippen LogP contribution in [0.1, 0.15) is 45.7 Å². The highest BCUT2D eigenvalue weighted by Gasteiger charge is 2.27. The summed E-state index contributed by atoms with van der Waals surface area (Å²) in [5, 5.41) is 0. The molecule has 1 atom stereocenters. The number of methoxy groups -OCH3 is 1. The lowest BCUT2D eigenvalue weighted by Gasteiger charge is -2.21. The number of nitrogen functional groups attached to an aromatic ring is 1. The van der Waals surface area contributed by atoms with Gasteiger partial charge < -0.3 is 15.0 Å². The summed E-state index contributed by atoms with van der Waals surface area (Å²) in [6.45, 7) is 7.46. The number of fused-ring (bicyclic) bond motifs is 1. The van der Waals surface area contributed by atoms with Crippen molar-refractivity contribution in [3.63, 3.8) is 0 Å². The fourth-order valence-electron chi connectivity index (χ4n) is 4.26. The first-order chi connectivity index (χ1) is 16.5. The molecule has 9 heteroatoms. The van der Waals surface area contributed by atoms with Crippen LogP contribution in [0.4, 0.5) is 5.95 Å². The van der Waals surface area contributed by atoms with Gasteiger partial charge in [0.1, 0.15) is 4.90 Å². The quantitative estimate of drug-likeness (QED) is 0.384. The Hall–Kier alpha value is -3.43. The van der Waals surface area contributed by atoms with E-state index in [1.807, 2.05) is 41.0 Å². The van der Waals surface area contributed by atoms with Crippen LogP contribution in [-0.4, -0.2) is 35.6 Å². The van der Waals surface area contributed by atoms with E-state index < -0.39 is 15.6 Å². The third-order valence-corrected chi connectivity index (χ3v) is 7.43. The van der Waals surface area contributed by atoms with Gasteiger partial charge >= 0.3 is 0 Å². The van der Waals surface area contributed by atoms with E-state index in [0.29, 0.717) is 11.5 Å². The van der Waals surface area contributed by atoms with Crippen molar-refractivity contribution >= 4 is 27.0 Å². The van der Waals surface area contributed by atoms with Crippen molar-refractivity contribution < 1.29 is 13.2 Å². The Bertz CT molecular complexity index is 1460. The van der Waals surface area contributed by atoms with Gasteiger partial charge in [0.15, 0.2) is 0 Å². The molecule has 3 N–H and O–H groups in total. The number of anilines is 1. The molecule has 4 aromatic rings. The van der Waals surface area contributed by atoms with Crippen molar-refractivity contribution in [3.05, 3.63) is 66.4 Å². The van der Waals surface area contributed by atoms with Gasteiger partial charge in [0.05, 0.1) is 24.2 Å². The number of hydrogen-bond acceptors (Lipinski definition) is 6. The van der Waals surface area contributed by atoms with Gasteiger partial charge in [-0.2, -0.15) is 0 Å². The average molecular weight is 494 g/mol. The van der Waals surface area contributed by atoms with Crippen molar-refractivity contribution in [1.29, 1.82) is 0 Å². The second-order valence-electron chi connectivity index (χ2n) is 9.47. The highest BCUT2D eigenvalue weighted by atomic mass is 32.2. The first kappa shape index (κ1) is 24.7. The van der Waals surface area contributed by atoms with Gasteiger partial charge in [0.25, 0.3) is 0 Å². The summed E-state index contributed by atoms with van der Waals surface area (Å²) in [7, 11) is -2.46. The van der Waals surface area contributed by atoms with E-state index in [1.165, 1.54) is 7.11 Å². The van der Waals surface area contributed by atoms with E-state index in [4.69, 9.17) is 10.5 Å². The number of rotatable bonds is 7. The van der Waals surface area contributed by atoms with E-state index in [9.17, 15) is 8.42 Å². The van der Waals surface area contributed by atoms with Gasteiger partial charge in [-0.05, 0) is 56.5 Å². The van der Waals surface area contributed by atoms with E-state index in [2.05, 4.69) is 33.7 Å². The number of nitrogens with one attached hydrogen (secondary N) is 1. The molecule has 0 bridgehead atoms. The third-order valence-electron chi connectivity index (χ3n) is 5.67. The zero-order valence-electron chi connectivity index (χ0n) is 20.6. The van der Waals surface area contributed by atoms with Crippen LogP contribution < -0.4 is 15.2 Å². The Morgan fingerprint density at radius 1 is 1.09 bits per heavy atom. The van der Waals surface area contributed by atoms with Gasteiger partial charge in [-0.3, -0.25) is 0 Å². The molecule has 184 valence electrons. The highest BCUT2D eigenvalue weighted by molar-refractivity contribution is 7.89. The molecule has 0 aliphatic heterocycles. The number of pyridine rings is 1. The van der Waals surface area contributed by atoms with Crippen LogP contribution in [0, 0.1) is 0 Å². The fourth-order valence-corrected chi connectivity index (χ4v) is 5.82. The summed E-state index contributed by atoms with van der Waals surface area (Å²) in [6.07, 6.45) is 2.43. The predicted molar refractivity (Wildman–Crippen MR) is 139 cm³/mol. The van der Waals surface area contributed by atoms with E-state index in [1.54, 1.807) is 33.0 Å². The number of nitrogens with zero attached hydrogens (tertiary/aromatic N) is 3. The van der Waals surface area contributed by atoms with Gasteiger partial charge in [0.2, 0.25) is 21.9 Å². The Kier molecular flexibility index (Phi) is 6.57. The second kappa shape index (κ2) is 9.31.